The highest BCUT2D eigenvalue weighted by molar-refractivity contribution is 9.10. The number of rotatable bonds is 3. The number of hydrogen-bond acceptors (Lipinski definition) is 2. The smallest absolute Gasteiger partial charge is 0.309 e. The van der Waals surface area contributed by atoms with Gasteiger partial charge in [-0.25, -0.2) is 4.98 Å². The summed E-state index contributed by atoms with van der Waals surface area (Å²) in [4.78, 5) is 14.5. The minimum absolute atomic E-state index is 0.223. The van der Waals surface area contributed by atoms with Gasteiger partial charge in [0.25, 0.3) is 0 Å². The number of aromatic nitrogens is 1. The van der Waals surface area contributed by atoms with Crippen LogP contribution >= 0.6 is 15.9 Å². The zero-order chi connectivity index (χ0) is 11.1. The fourth-order valence-corrected chi connectivity index (χ4v) is 1.95. The monoisotopic (exact) mass is 273 g/mol. The number of carboxylic acid groups (broad SMARTS) is 1. The molecule has 1 aromatic heterocycles. The fraction of sp³-hybridized carbons (Fsp3) is 0.400. The highest BCUT2D eigenvalue weighted by Gasteiger charge is 2.50. The predicted octanol–water partition coefficient (Wildman–Crippen LogP) is 2.39. The van der Waals surface area contributed by atoms with Gasteiger partial charge in [0.15, 0.2) is 0 Å². The molecule has 0 spiro atoms. The van der Waals surface area contributed by atoms with Crippen LogP contribution in [0.1, 0.15) is 18.4 Å². The Bertz CT molecular complexity index is 418. The second-order valence-electron chi connectivity index (χ2n) is 3.87. The Balaban J connectivity index is 2.24. The summed E-state index contributed by atoms with van der Waals surface area (Å²) < 4.78 is 13.9. The maximum atomic E-state index is 13.3. The van der Waals surface area contributed by atoms with Crippen LogP contribution in [0.3, 0.4) is 0 Å². The molecule has 1 fully saturated rings. The molecule has 0 aliphatic heterocycles. The van der Waals surface area contributed by atoms with Gasteiger partial charge in [-0.2, -0.15) is 4.39 Å². The highest BCUT2D eigenvalue weighted by Crippen LogP contribution is 2.48. The molecule has 3 nitrogen and oxygen atoms in total. The molecule has 1 aliphatic rings. The lowest BCUT2D eigenvalue weighted by Crippen LogP contribution is -2.18. The normalized spacial score (nSPS) is 17.5. The Morgan fingerprint density at radius 3 is 2.87 bits per heavy atom. The molecule has 0 radical (unpaired) electrons. The summed E-state index contributed by atoms with van der Waals surface area (Å²) in [5, 5.41) is 8.97. The van der Waals surface area contributed by atoms with Gasteiger partial charge in [-0.1, -0.05) is 0 Å². The van der Waals surface area contributed by atoms with Crippen molar-refractivity contribution >= 4 is 21.9 Å². The zero-order valence-corrected chi connectivity index (χ0v) is 9.42. The summed E-state index contributed by atoms with van der Waals surface area (Å²) in [7, 11) is 0. The first-order valence-electron chi connectivity index (χ1n) is 4.57. The second kappa shape index (κ2) is 3.56. The van der Waals surface area contributed by atoms with Crippen molar-refractivity contribution in [1.29, 1.82) is 0 Å². The predicted molar refractivity (Wildman–Crippen MR) is 54.9 cm³/mol. The van der Waals surface area contributed by atoms with Crippen LogP contribution in [0.5, 0.6) is 0 Å². The van der Waals surface area contributed by atoms with E-state index in [0.29, 0.717) is 22.9 Å². The van der Waals surface area contributed by atoms with E-state index in [-0.39, 0.29) is 6.42 Å². The lowest BCUT2D eigenvalue weighted by Gasteiger charge is -2.09. The number of carboxylic acids is 1. The molecule has 80 valence electrons. The molecule has 0 atom stereocenters. The van der Waals surface area contributed by atoms with Crippen molar-refractivity contribution in [2.45, 2.75) is 19.3 Å². The average Bonchev–Trinajstić information content (AvgIpc) is 2.92. The van der Waals surface area contributed by atoms with Gasteiger partial charge in [-0.3, -0.25) is 4.79 Å². The van der Waals surface area contributed by atoms with E-state index in [1.165, 1.54) is 6.20 Å². The molecule has 0 amide bonds. The number of carbonyl (C=O) groups is 1. The quantitative estimate of drug-likeness (QED) is 0.861. The minimum Gasteiger partial charge on any atom is -0.481 e. The maximum Gasteiger partial charge on any atom is 0.309 e. The Hall–Kier alpha value is -0.970. The number of hydrogen-bond donors (Lipinski definition) is 1. The molecular weight excluding hydrogens is 265 g/mol. The third-order valence-electron chi connectivity index (χ3n) is 2.71. The maximum absolute atomic E-state index is 13.3. The molecule has 0 bridgehead atoms. The third kappa shape index (κ3) is 2.02. The number of aliphatic carboxylic acids is 1. The minimum atomic E-state index is -0.845. The molecule has 1 aromatic rings. The topological polar surface area (TPSA) is 50.2 Å². The van der Waals surface area contributed by atoms with Crippen molar-refractivity contribution in [2.24, 2.45) is 5.41 Å². The molecule has 15 heavy (non-hydrogen) atoms. The van der Waals surface area contributed by atoms with Crippen LogP contribution in [0.15, 0.2) is 16.7 Å². The standard InChI is InChI=1S/C10H9BrFNO2/c11-7-3-6(8(12)13-5-7)4-10(1-2-10)9(14)15/h3,5H,1-2,4H2,(H,14,15). The van der Waals surface area contributed by atoms with E-state index in [2.05, 4.69) is 20.9 Å². The van der Waals surface area contributed by atoms with Crippen LogP contribution in [0, 0.1) is 11.4 Å². The molecule has 1 N–H and O–H groups in total. The number of nitrogens with zero attached hydrogens (tertiary/aromatic N) is 1. The first-order valence-corrected chi connectivity index (χ1v) is 5.36. The van der Waals surface area contributed by atoms with Gasteiger partial charge in [0.2, 0.25) is 5.95 Å². The summed E-state index contributed by atoms with van der Waals surface area (Å²) >= 11 is 3.18. The molecule has 2 rings (SSSR count). The Morgan fingerprint density at radius 2 is 2.33 bits per heavy atom. The van der Waals surface area contributed by atoms with E-state index >= 15 is 0 Å². The number of pyridine rings is 1. The van der Waals surface area contributed by atoms with Crippen LogP contribution in [0.2, 0.25) is 0 Å². The largest absolute Gasteiger partial charge is 0.481 e. The lowest BCUT2D eigenvalue weighted by molar-refractivity contribution is -0.143. The molecule has 0 unspecified atom stereocenters. The van der Waals surface area contributed by atoms with Crippen LogP contribution in [-0.4, -0.2) is 16.1 Å². The van der Waals surface area contributed by atoms with Crippen molar-refractivity contribution < 1.29 is 14.3 Å². The van der Waals surface area contributed by atoms with Gasteiger partial charge in [-0.15, -0.1) is 0 Å². The molecule has 1 aliphatic carbocycles. The van der Waals surface area contributed by atoms with Gasteiger partial charge in [0.05, 0.1) is 5.41 Å². The third-order valence-corrected chi connectivity index (χ3v) is 3.15. The highest BCUT2D eigenvalue weighted by atomic mass is 79.9. The van der Waals surface area contributed by atoms with E-state index in [9.17, 15) is 9.18 Å². The summed E-state index contributed by atoms with van der Waals surface area (Å²) in [6.45, 7) is 0. The lowest BCUT2D eigenvalue weighted by atomic mass is 9.98. The zero-order valence-electron chi connectivity index (χ0n) is 7.83. The van der Waals surface area contributed by atoms with Gasteiger partial charge in [0, 0.05) is 16.2 Å². The van der Waals surface area contributed by atoms with E-state index in [1.54, 1.807) is 6.07 Å². The summed E-state index contributed by atoms with van der Waals surface area (Å²) in [6, 6.07) is 1.59. The molecule has 1 heterocycles. The summed E-state index contributed by atoms with van der Waals surface area (Å²) in [5.41, 5.74) is -0.382. The van der Waals surface area contributed by atoms with E-state index < -0.39 is 17.3 Å². The van der Waals surface area contributed by atoms with Crippen molar-refractivity contribution in [1.82, 2.24) is 4.98 Å². The van der Waals surface area contributed by atoms with E-state index in [4.69, 9.17) is 5.11 Å². The van der Waals surface area contributed by atoms with E-state index in [1.807, 2.05) is 0 Å². The summed E-state index contributed by atoms with van der Waals surface area (Å²) in [6.07, 6.45) is 2.82. The molecular formula is C10H9BrFNO2. The first-order chi connectivity index (χ1) is 7.03. The average molecular weight is 274 g/mol. The van der Waals surface area contributed by atoms with Gasteiger partial charge < -0.3 is 5.11 Å². The molecule has 0 saturated heterocycles. The SMILES string of the molecule is O=C(O)C1(Cc2cc(Br)cnc2F)CC1. The first kappa shape index (κ1) is 10.5. The van der Waals surface area contributed by atoms with Crippen molar-refractivity contribution in [3.63, 3.8) is 0 Å². The van der Waals surface area contributed by atoms with Crippen molar-refractivity contribution in [2.75, 3.05) is 0 Å². The van der Waals surface area contributed by atoms with E-state index in [0.717, 1.165) is 0 Å². The Morgan fingerprint density at radius 1 is 1.67 bits per heavy atom. The van der Waals surface area contributed by atoms with Gasteiger partial charge in [-0.05, 0) is 41.3 Å². The Kier molecular flexibility index (Phi) is 2.50. The van der Waals surface area contributed by atoms with Crippen LogP contribution in [0.25, 0.3) is 0 Å². The van der Waals surface area contributed by atoms with Gasteiger partial charge in [0.1, 0.15) is 0 Å². The molecule has 1 saturated carbocycles. The van der Waals surface area contributed by atoms with Crippen LogP contribution in [-0.2, 0) is 11.2 Å². The van der Waals surface area contributed by atoms with Gasteiger partial charge >= 0.3 is 5.97 Å². The van der Waals surface area contributed by atoms with Crippen molar-refractivity contribution in [3.8, 4) is 0 Å². The Labute approximate surface area is 94.5 Å². The van der Waals surface area contributed by atoms with Crippen LogP contribution in [0.4, 0.5) is 4.39 Å². The van der Waals surface area contributed by atoms with Crippen molar-refractivity contribution in [3.05, 3.63) is 28.2 Å². The second-order valence-corrected chi connectivity index (χ2v) is 4.78. The summed E-state index contributed by atoms with van der Waals surface area (Å²) in [5.74, 6) is -1.42. The number of halogens is 2. The molecule has 5 heteroatoms. The fourth-order valence-electron chi connectivity index (χ4n) is 1.57. The molecule has 0 aromatic carbocycles. The van der Waals surface area contributed by atoms with Crippen LogP contribution < -0.4 is 0 Å².